The van der Waals surface area contributed by atoms with E-state index in [0.717, 1.165) is 0 Å². The fraction of sp³-hybridized carbons (Fsp3) is 0. The van der Waals surface area contributed by atoms with Crippen molar-refractivity contribution in [3.05, 3.63) is 46.1 Å². The molecule has 0 aliphatic rings. The van der Waals surface area contributed by atoms with E-state index in [0.29, 0.717) is 5.56 Å². The molecule has 0 aromatic heterocycles. The maximum atomic E-state index is 10.3. The Morgan fingerprint density at radius 2 is 2.07 bits per heavy atom. The molecule has 14 heavy (non-hydrogen) atoms. The SMILES string of the molecule is O=[N+]([O-])c1ccc(/C(Cl)=C/NO)cc1. The molecule has 0 atom stereocenters. The van der Waals surface area contributed by atoms with Crippen LogP contribution in [0.4, 0.5) is 5.69 Å². The van der Waals surface area contributed by atoms with Crippen LogP contribution in [0, 0.1) is 10.1 Å². The lowest BCUT2D eigenvalue weighted by atomic mass is 10.2. The lowest BCUT2D eigenvalue weighted by Crippen LogP contribution is -1.94. The minimum absolute atomic E-state index is 0.00447. The minimum Gasteiger partial charge on any atom is -0.292 e. The van der Waals surface area contributed by atoms with Crippen LogP contribution in [0.5, 0.6) is 0 Å². The van der Waals surface area contributed by atoms with Crippen LogP contribution in [-0.4, -0.2) is 10.1 Å². The van der Waals surface area contributed by atoms with Crippen molar-refractivity contribution < 1.29 is 10.1 Å². The topological polar surface area (TPSA) is 75.4 Å². The number of nitrogens with zero attached hydrogens (tertiary/aromatic N) is 1. The average molecular weight is 215 g/mol. The zero-order valence-electron chi connectivity index (χ0n) is 6.98. The van der Waals surface area contributed by atoms with Gasteiger partial charge in [-0.15, -0.1) is 0 Å². The third kappa shape index (κ3) is 2.45. The summed E-state index contributed by atoms with van der Waals surface area (Å²) in [6, 6.07) is 5.66. The third-order valence-corrected chi connectivity index (χ3v) is 1.87. The Bertz CT molecular complexity index is 361. The molecule has 0 unspecified atom stereocenters. The average Bonchev–Trinajstić information content (AvgIpc) is 2.18. The van der Waals surface area contributed by atoms with Crippen LogP contribution in [0.25, 0.3) is 5.03 Å². The van der Waals surface area contributed by atoms with Gasteiger partial charge in [-0.05, 0) is 17.7 Å². The molecular formula is C8H7ClN2O3. The second-order valence-electron chi connectivity index (χ2n) is 2.43. The van der Waals surface area contributed by atoms with E-state index in [2.05, 4.69) is 0 Å². The van der Waals surface area contributed by atoms with Gasteiger partial charge in [0.2, 0.25) is 0 Å². The molecule has 0 saturated carbocycles. The smallest absolute Gasteiger partial charge is 0.269 e. The van der Waals surface area contributed by atoms with Crippen molar-refractivity contribution in [2.24, 2.45) is 0 Å². The maximum Gasteiger partial charge on any atom is 0.269 e. The van der Waals surface area contributed by atoms with E-state index in [1.54, 1.807) is 5.48 Å². The normalized spacial score (nSPS) is 11.1. The predicted octanol–water partition coefficient (Wildman–Crippen LogP) is 2.11. The fourth-order valence-corrected chi connectivity index (χ4v) is 1.06. The molecule has 74 valence electrons. The van der Waals surface area contributed by atoms with Crippen LogP contribution in [-0.2, 0) is 0 Å². The quantitative estimate of drug-likeness (QED) is 0.597. The van der Waals surface area contributed by atoms with Gasteiger partial charge in [0.05, 0.1) is 9.96 Å². The van der Waals surface area contributed by atoms with Crippen molar-refractivity contribution >= 4 is 22.3 Å². The lowest BCUT2D eigenvalue weighted by molar-refractivity contribution is -0.384. The Morgan fingerprint density at radius 3 is 2.50 bits per heavy atom. The van der Waals surface area contributed by atoms with Gasteiger partial charge in [0, 0.05) is 18.3 Å². The number of nitro groups is 1. The molecular weight excluding hydrogens is 208 g/mol. The molecule has 0 spiro atoms. The number of nitrogens with one attached hydrogen (secondary N) is 1. The number of rotatable bonds is 3. The molecule has 6 heteroatoms. The number of halogens is 1. The van der Waals surface area contributed by atoms with Gasteiger partial charge >= 0.3 is 0 Å². The molecule has 1 aromatic rings. The van der Waals surface area contributed by atoms with Gasteiger partial charge in [0.1, 0.15) is 0 Å². The van der Waals surface area contributed by atoms with Gasteiger partial charge in [0.25, 0.3) is 5.69 Å². The van der Waals surface area contributed by atoms with Crippen LogP contribution in [0.2, 0.25) is 0 Å². The van der Waals surface area contributed by atoms with E-state index in [-0.39, 0.29) is 10.7 Å². The second kappa shape index (κ2) is 4.59. The van der Waals surface area contributed by atoms with Gasteiger partial charge < -0.3 is 0 Å². The first kappa shape index (κ1) is 10.5. The molecule has 5 nitrogen and oxygen atoms in total. The maximum absolute atomic E-state index is 10.3. The summed E-state index contributed by atoms with van der Waals surface area (Å²) in [5.41, 5.74) is 2.35. The molecule has 1 aromatic carbocycles. The second-order valence-corrected chi connectivity index (χ2v) is 2.83. The number of nitro benzene ring substituents is 1. The Morgan fingerprint density at radius 1 is 1.50 bits per heavy atom. The van der Waals surface area contributed by atoms with Crippen molar-refractivity contribution in [1.29, 1.82) is 0 Å². The number of hydroxylamine groups is 1. The summed E-state index contributed by atoms with van der Waals surface area (Å²) in [6.07, 6.45) is 1.17. The first-order valence-electron chi connectivity index (χ1n) is 3.65. The zero-order chi connectivity index (χ0) is 10.6. The Balaban J connectivity index is 2.94. The molecule has 0 saturated heterocycles. The lowest BCUT2D eigenvalue weighted by Gasteiger charge is -1.98. The van der Waals surface area contributed by atoms with Crippen molar-refractivity contribution in [3.63, 3.8) is 0 Å². The van der Waals surface area contributed by atoms with Gasteiger partial charge in [-0.1, -0.05) is 11.6 Å². The first-order valence-corrected chi connectivity index (χ1v) is 4.03. The number of hydrogen-bond donors (Lipinski definition) is 2. The highest BCUT2D eigenvalue weighted by atomic mass is 35.5. The zero-order valence-corrected chi connectivity index (χ0v) is 7.73. The summed E-state index contributed by atoms with van der Waals surface area (Å²) in [5, 5.41) is 18.9. The van der Waals surface area contributed by atoms with E-state index in [1.807, 2.05) is 0 Å². The Kier molecular flexibility index (Phi) is 3.44. The van der Waals surface area contributed by atoms with E-state index in [4.69, 9.17) is 16.8 Å². The van der Waals surface area contributed by atoms with Gasteiger partial charge in [0.15, 0.2) is 0 Å². The molecule has 0 fully saturated rings. The molecule has 0 aliphatic carbocycles. The monoisotopic (exact) mass is 214 g/mol. The number of non-ortho nitro benzene ring substituents is 1. The van der Waals surface area contributed by atoms with E-state index in [9.17, 15) is 10.1 Å². The summed E-state index contributed by atoms with van der Waals surface area (Å²) < 4.78 is 0. The molecule has 2 N–H and O–H groups in total. The van der Waals surface area contributed by atoms with Crippen LogP contribution in [0.3, 0.4) is 0 Å². The van der Waals surface area contributed by atoms with E-state index >= 15 is 0 Å². The summed E-state index contributed by atoms with van der Waals surface area (Å²) in [5.74, 6) is 0. The van der Waals surface area contributed by atoms with Gasteiger partial charge in [-0.3, -0.25) is 20.8 Å². The van der Waals surface area contributed by atoms with Crippen LogP contribution < -0.4 is 5.48 Å². The first-order chi connectivity index (χ1) is 6.65. The van der Waals surface area contributed by atoms with Crippen LogP contribution in [0.15, 0.2) is 30.5 Å². The van der Waals surface area contributed by atoms with Crippen LogP contribution >= 0.6 is 11.6 Å². The highest BCUT2D eigenvalue weighted by Crippen LogP contribution is 2.20. The molecule has 0 radical (unpaired) electrons. The standard InChI is InChI=1S/C8H7ClN2O3/c9-8(5-10-12)6-1-3-7(4-2-6)11(13)14/h1-5,10,12H/b8-5-. The molecule has 0 aliphatic heterocycles. The van der Waals surface area contributed by atoms with Crippen molar-refractivity contribution in [1.82, 2.24) is 5.48 Å². The largest absolute Gasteiger partial charge is 0.292 e. The highest BCUT2D eigenvalue weighted by Gasteiger charge is 2.04. The summed E-state index contributed by atoms with van der Waals surface area (Å²) in [6.45, 7) is 0. The minimum atomic E-state index is -0.494. The van der Waals surface area contributed by atoms with Gasteiger partial charge in [-0.25, -0.2) is 0 Å². The Hall–Kier alpha value is -1.59. The summed E-state index contributed by atoms with van der Waals surface area (Å²) in [4.78, 5) is 9.82. The van der Waals surface area contributed by atoms with Crippen LogP contribution in [0.1, 0.15) is 5.56 Å². The summed E-state index contributed by atoms with van der Waals surface area (Å²) >= 11 is 5.71. The van der Waals surface area contributed by atoms with Crippen molar-refractivity contribution in [3.8, 4) is 0 Å². The summed E-state index contributed by atoms with van der Waals surface area (Å²) in [7, 11) is 0. The molecule has 1 rings (SSSR count). The predicted molar refractivity (Wildman–Crippen MR) is 51.8 cm³/mol. The Labute approximate surface area is 84.7 Å². The number of hydrogen-bond acceptors (Lipinski definition) is 4. The number of benzene rings is 1. The van der Waals surface area contributed by atoms with Gasteiger partial charge in [-0.2, -0.15) is 0 Å². The third-order valence-electron chi connectivity index (χ3n) is 1.55. The van der Waals surface area contributed by atoms with E-state index in [1.165, 1.54) is 30.5 Å². The van der Waals surface area contributed by atoms with Crippen molar-refractivity contribution in [2.45, 2.75) is 0 Å². The molecule has 0 heterocycles. The molecule has 0 amide bonds. The fourth-order valence-electron chi connectivity index (χ4n) is 0.882. The highest BCUT2D eigenvalue weighted by molar-refractivity contribution is 6.48. The van der Waals surface area contributed by atoms with E-state index < -0.39 is 4.92 Å². The van der Waals surface area contributed by atoms with Crippen molar-refractivity contribution in [2.75, 3.05) is 0 Å². The molecule has 0 bridgehead atoms.